The highest BCUT2D eigenvalue weighted by atomic mass is 16.7. The summed E-state index contributed by atoms with van der Waals surface area (Å²) >= 11 is 0. The Morgan fingerprint density at radius 2 is 0.883 bits per heavy atom. The highest BCUT2D eigenvalue weighted by Gasteiger charge is 2.47. The Bertz CT molecular complexity index is 1100. The average Bonchev–Trinajstić information content (AvgIpc) is 3.23. The van der Waals surface area contributed by atoms with Crippen LogP contribution in [-0.2, 0) is 33.3 Å². The number of carboxylic acid groups (broad SMARTS) is 1. The van der Waals surface area contributed by atoms with Crippen LogP contribution in [0.25, 0.3) is 0 Å². The number of hydrogen-bond donors (Lipinski definition) is 4. The fraction of sp³-hybridized carbons (Fsp3) is 0.857. The summed E-state index contributed by atoms with van der Waals surface area (Å²) in [6, 6.07) is 0. The van der Waals surface area contributed by atoms with E-state index in [9.17, 15) is 34.8 Å². The summed E-state index contributed by atoms with van der Waals surface area (Å²) in [6.07, 6.45) is 35.1. The van der Waals surface area contributed by atoms with Crippen LogP contribution in [0.2, 0.25) is 0 Å². The normalized spacial score (nSPS) is 19.9. The average molecular weight is 853 g/mol. The molecule has 1 aliphatic heterocycles. The topological polar surface area (TPSA) is 169 Å². The number of allylic oxidation sites excluding steroid dienone is 4. The van der Waals surface area contributed by atoms with Crippen LogP contribution >= 0.6 is 0 Å². The van der Waals surface area contributed by atoms with Gasteiger partial charge in [0.05, 0.1) is 6.61 Å². The van der Waals surface area contributed by atoms with Gasteiger partial charge < -0.3 is 39.4 Å². The minimum Gasteiger partial charge on any atom is -0.479 e. The number of aliphatic hydroxyl groups excluding tert-OH is 3. The van der Waals surface area contributed by atoms with E-state index in [1.165, 1.54) is 116 Å². The van der Waals surface area contributed by atoms with Crippen molar-refractivity contribution in [2.75, 3.05) is 13.2 Å². The summed E-state index contributed by atoms with van der Waals surface area (Å²) < 4.78 is 21.8. The molecule has 4 N–H and O–H groups in total. The molecule has 1 fully saturated rings. The Morgan fingerprint density at radius 1 is 0.500 bits per heavy atom. The molecule has 6 unspecified atom stereocenters. The summed E-state index contributed by atoms with van der Waals surface area (Å²) in [5, 5.41) is 39.9. The Morgan fingerprint density at radius 3 is 1.30 bits per heavy atom. The minimum atomic E-state index is -1.86. The summed E-state index contributed by atoms with van der Waals surface area (Å²) in [4.78, 5) is 36.9. The van der Waals surface area contributed by atoms with Crippen LogP contribution in [0.4, 0.5) is 0 Å². The minimum absolute atomic E-state index is 0.174. The predicted octanol–water partition coefficient (Wildman–Crippen LogP) is 11.0. The quantitative estimate of drug-likeness (QED) is 0.0262. The first kappa shape index (κ1) is 55.7. The van der Waals surface area contributed by atoms with Crippen molar-refractivity contribution in [3.8, 4) is 0 Å². The zero-order valence-electron chi connectivity index (χ0n) is 38.0. The highest BCUT2D eigenvalue weighted by Crippen LogP contribution is 2.23. The standard InChI is InChI=1S/C49H88O11/c1-3-5-7-9-11-13-15-17-19-21-22-24-25-27-29-31-33-35-37-42(50)57-39-41(40-58-49-46(54)44(52)45(53)47(60-49)48(55)56)59-43(51)38-36-34-32-30-28-26-23-20-18-16-14-12-10-8-6-4-2/h19-21,23,41,44-47,49,52-54H,3-18,22,24-40H2,1-2H3,(H,55,56)/b21-19-,23-20-. The first-order chi connectivity index (χ1) is 29.2. The van der Waals surface area contributed by atoms with Crippen molar-refractivity contribution < 1.29 is 53.8 Å². The molecular weight excluding hydrogens is 765 g/mol. The smallest absolute Gasteiger partial charge is 0.335 e. The Hall–Kier alpha value is -2.31. The van der Waals surface area contributed by atoms with Gasteiger partial charge in [0, 0.05) is 12.8 Å². The molecule has 11 heteroatoms. The Balaban J connectivity index is 2.33. The van der Waals surface area contributed by atoms with E-state index in [4.69, 9.17) is 18.9 Å². The van der Waals surface area contributed by atoms with E-state index >= 15 is 0 Å². The van der Waals surface area contributed by atoms with Crippen molar-refractivity contribution in [1.29, 1.82) is 0 Å². The van der Waals surface area contributed by atoms with Crippen LogP contribution in [0, 0.1) is 0 Å². The SMILES string of the molecule is CCCCCCCCC/C=C\CCCCCCCCCC(=O)OCC(COC1OC(C(=O)O)C(O)C(O)C1O)OC(=O)CCCCCCC/C=C\CCCCCCCCC. The molecule has 0 spiro atoms. The molecule has 0 aromatic rings. The van der Waals surface area contributed by atoms with Gasteiger partial charge in [-0.1, -0.05) is 167 Å². The van der Waals surface area contributed by atoms with Crippen molar-refractivity contribution in [2.24, 2.45) is 0 Å². The monoisotopic (exact) mass is 853 g/mol. The van der Waals surface area contributed by atoms with Gasteiger partial charge >= 0.3 is 17.9 Å². The number of esters is 2. The molecule has 0 bridgehead atoms. The first-order valence-corrected chi connectivity index (χ1v) is 24.4. The van der Waals surface area contributed by atoms with Crippen LogP contribution in [0.15, 0.2) is 24.3 Å². The number of rotatable bonds is 41. The molecule has 1 saturated heterocycles. The molecule has 0 radical (unpaired) electrons. The highest BCUT2D eigenvalue weighted by molar-refractivity contribution is 5.73. The van der Waals surface area contributed by atoms with Crippen molar-refractivity contribution in [3.05, 3.63) is 24.3 Å². The molecule has 1 aliphatic rings. The van der Waals surface area contributed by atoms with Crippen LogP contribution in [0.5, 0.6) is 0 Å². The largest absolute Gasteiger partial charge is 0.479 e. The lowest BCUT2D eigenvalue weighted by Gasteiger charge is -2.38. The third-order valence-electron chi connectivity index (χ3n) is 11.3. The van der Waals surface area contributed by atoms with Gasteiger partial charge in [0.25, 0.3) is 0 Å². The van der Waals surface area contributed by atoms with Gasteiger partial charge in [0.2, 0.25) is 0 Å². The van der Waals surface area contributed by atoms with Crippen molar-refractivity contribution in [1.82, 2.24) is 0 Å². The molecule has 11 nitrogen and oxygen atoms in total. The summed E-state index contributed by atoms with van der Waals surface area (Å²) in [7, 11) is 0. The number of carbonyl (C=O) groups excluding carboxylic acids is 2. The second-order valence-corrected chi connectivity index (χ2v) is 16.9. The van der Waals surface area contributed by atoms with Crippen LogP contribution in [-0.4, -0.2) is 88.4 Å². The van der Waals surface area contributed by atoms with Crippen molar-refractivity contribution >= 4 is 17.9 Å². The number of unbranched alkanes of at least 4 members (excludes halogenated alkanes) is 26. The number of carbonyl (C=O) groups is 3. The van der Waals surface area contributed by atoms with Crippen molar-refractivity contribution in [2.45, 2.75) is 256 Å². The lowest BCUT2D eigenvalue weighted by Crippen LogP contribution is -2.60. The maximum Gasteiger partial charge on any atom is 0.335 e. The van der Waals surface area contributed by atoms with E-state index in [0.29, 0.717) is 12.8 Å². The summed E-state index contributed by atoms with van der Waals surface area (Å²) in [5.41, 5.74) is 0. The van der Waals surface area contributed by atoms with E-state index in [-0.39, 0.29) is 19.4 Å². The third kappa shape index (κ3) is 30.7. The first-order valence-electron chi connectivity index (χ1n) is 24.4. The number of aliphatic hydroxyl groups is 3. The summed E-state index contributed by atoms with van der Waals surface area (Å²) in [5.74, 6) is -2.45. The Kier molecular flexibility index (Phi) is 36.7. The molecule has 350 valence electrons. The van der Waals surface area contributed by atoms with Crippen LogP contribution in [0.3, 0.4) is 0 Å². The second-order valence-electron chi connectivity index (χ2n) is 16.9. The fourth-order valence-corrected chi connectivity index (χ4v) is 7.40. The van der Waals surface area contributed by atoms with E-state index in [1.807, 2.05) is 0 Å². The molecule has 0 aliphatic carbocycles. The number of hydrogen-bond acceptors (Lipinski definition) is 10. The van der Waals surface area contributed by atoms with Gasteiger partial charge in [-0.05, 0) is 64.2 Å². The zero-order valence-corrected chi connectivity index (χ0v) is 38.0. The van der Waals surface area contributed by atoms with Gasteiger partial charge in [-0.3, -0.25) is 9.59 Å². The number of carboxylic acids is 1. The molecule has 6 atom stereocenters. The molecule has 0 amide bonds. The van der Waals surface area contributed by atoms with Crippen LogP contribution < -0.4 is 0 Å². The van der Waals surface area contributed by atoms with Gasteiger partial charge in [0.1, 0.15) is 24.9 Å². The second kappa shape index (κ2) is 39.5. The number of ether oxygens (including phenoxy) is 4. The molecule has 1 rings (SSSR count). The number of aliphatic carboxylic acids is 1. The third-order valence-corrected chi connectivity index (χ3v) is 11.3. The molecular formula is C49H88O11. The lowest BCUT2D eigenvalue weighted by atomic mass is 9.99. The van der Waals surface area contributed by atoms with E-state index < -0.39 is 61.3 Å². The summed E-state index contributed by atoms with van der Waals surface area (Å²) in [6.45, 7) is 3.82. The van der Waals surface area contributed by atoms with E-state index in [2.05, 4.69) is 38.2 Å². The van der Waals surface area contributed by atoms with Gasteiger partial charge in [0.15, 0.2) is 18.5 Å². The molecule has 0 saturated carbocycles. The van der Waals surface area contributed by atoms with Gasteiger partial charge in [-0.25, -0.2) is 4.79 Å². The maximum atomic E-state index is 12.8. The maximum absolute atomic E-state index is 12.8. The lowest BCUT2D eigenvalue weighted by molar-refractivity contribution is -0.298. The molecule has 60 heavy (non-hydrogen) atoms. The van der Waals surface area contributed by atoms with E-state index in [1.54, 1.807) is 0 Å². The fourth-order valence-electron chi connectivity index (χ4n) is 7.40. The zero-order chi connectivity index (χ0) is 43.9. The molecule has 0 aromatic heterocycles. The van der Waals surface area contributed by atoms with E-state index in [0.717, 1.165) is 64.2 Å². The molecule has 0 aromatic carbocycles. The Labute approximate surface area is 364 Å². The van der Waals surface area contributed by atoms with Gasteiger partial charge in [-0.15, -0.1) is 0 Å². The van der Waals surface area contributed by atoms with Crippen molar-refractivity contribution in [3.63, 3.8) is 0 Å². The van der Waals surface area contributed by atoms with Crippen LogP contribution in [0.1, 0.15) is 219 Å². The molecule has 1 heterocycles. The predicted molar refractivity (Wildman–Crippen MR) is 238 cm³/mol. The van der Waals surface area contributed by atoms with Gasteiger partial charge in [-0.2, -0.15) is 0 Å².